The zero-order valence-corrected chi connectivity index (χ0v) is 25.9. The molecule has 1 aromatic heterocycles. The van der Waals surface area contributed by atoms with Gasteiger partial charge in [-0.3, -0.25) is 14.0 Å². The first kappa shape index (κ1) is 30.2. The first-order valence-electron chi connectivity index (χ1n) is 16.5. The quantitative estimate of drug-likeness (QED) is 0.206. The van der Waals surface area contributed by atoms with Crippen molar-refractivity contribution in [1.29, 1.82) is 0 Å². The third kappa shape index (κ3) is 6.48. The number of imidazole rings is 1. The monoisotopic (exact) mass is 594 g/mol. The van der Waals surface area contributed by atoms with Crippen LogP contribution in [0.5, 0.6) is 0 Å². The topological polar surface area (TPSA) is 70.7 Å². The zero-order valence-electron chi connectivity index (χ0n) is 25.9. The summed E-state index contributed by atoms with van der Waals surface area (Å²) >= 11 is 0. The van der Waals surface area contributed by atoms with E-state index in [2.05, 4.69) is 72.5 Å². The second-order valence-corrected chi connectivity index (χ2v) is 12.8. The molecular weight excluding hydrogens is 548 g/mol. The maximum atomic E-state index is 14.2. The van der Waals surface area contributed by atoms with Crippen molar-refractivity contribution >= 4 is 17.1 Å². The summed E-state index contributed by atoms with van der Waals surface area (Å²) in [6.07, 6.45) is 7.32. The van der Waals surface area contributed by atoms with E-state index < -0.39 is 6.09 Å². The molecule has 0 radical (unpaired) electrons. The van der Waals surface area contributed by atoms with Gasteiger partial charge in [0, 0.05) is 38.3 Å². The molecular formula is C37H46N4O3. The Morgan fingerprint density at radius 3 is 2.02 bits per heavy atom. The van der Waals surface area contributed by atoms with Crippen LogP contribution in [0.3, 0.4) is 0 Å². The van der Waals surface area contributed by atoms with Crippen LogP contribution < -0.4 is 5.69 Å². The fourth-order valence-electron chi connectivity index (χ4n) is 7.90. The van der Waals surface area contributed by atoms with E-state index in [1.54, 1.807) is 4.90 Å². The number of carbonyl (C=O) groups is 1. The van der Waals surface area contributed by atoms with Crippen LogP contribution >= 0.6 is 0 Å². The first-order valence-corrected chi connectivity index (χ1v) is 16.5. The van der Waals surface area contributed by atoms with Gasteiger partial charge < -0.3 is 10.0 Å². The lowest BCUT2D eigenvalue weighted by molar-refractivity contribution is 0.0292. The number of para-hydroxylation sites is 2. The molecule has 3 atom stereocenters. The number of likely N-dealkylation sites (tertiary alicyclic amines) is 1. The lowest BCUT2D eigenvalue weighted by Gasteiger charge is -2.46. The fraction of sp³-hybridized carbons (Fsp3) is 0.459. The Morgan fingerprint density at radius 1 is 0.841 bits per heavy atom. The number of fused-ring (bicyclic) bond motifs is 1. The maximum Gasteiger partial charge on any atom is 0.407 e. The summed E-state index contributed by atoms with van der Waals surface area (Å²) in [5.74, 6) is 0.538. The third-order valence-corrected chi connectivity index (χ3v) is 10.1. The van der Waals surface area contributed by atoms with Crippen molar-refractivity contribution in [2.75, 3.05) is 6.54 Å². The molecule has 4 aromatic rings. The molecule has 1 saturated carbocycles. The Morgan fingerprint density at radius 2 is 1.43 bits per heavy atom. The van der Waals surface area contributed by atoms with Crippen LogP contribution in [0, 0.1) is 5.92 Å². The molecule has 6 rings (SSSR count). The Bertz CT molecular complexity index is 1530. The smallest absolute Gasteiger partial charge is 0.407 e. The minimum absolute atomic E-state index is 0.0133. The molecule has 0 bridgehead atoms. The zero-order chi connectivity index (χ0) is 30.5. The molecule has 1 aliphatic heterocycles. The van der Waals surface area contributed by atoms with Crippen LogP contribution in [0.1, 0.15) is 75.5 Å². The Kier molecular flexibility index (Phi) is 9.51. The van der Waals surface area contributed by atoms with E-state index in [4.69, 9.17) is 0 Å². The molecule has 1 aliphatic carbocycles. The second-order valence-electron chi connectivity index (χ2n) is 12.8. The van der Waals surface area contributed by atoms with E-state index in [0.29, 0.717) is 25.3 Å². The van der Waals surface area contributed by atoms with E-state index >= 15 is 0 Å². The highest BCUT2D eigenvalue weighted by molar-refractivity contribution is 5.76. The molecule has 232 valence electrons. The highest BCUT2D eigenvalue weighted by Crippen LogP contribution is 2.35. The van der Waals surface area contributed by atoms with Gasteiger partial charge in [0.05, 0.1) is 17.1 Å². The van der Waals surface area contributed by atoms with Crippen LogP contribution in [-0.2, 0) is 19.6 Å². The largest absolute Gasteiger partial charge is 0.465 e. The number of amides is 1. The normalized spacial score (nSPS) is 20.3. The van der Waals surface area contributed by atoms with Gasteiger partial charge in [-0.1, -0.05) is 99.0 Å². The summed E-state index contributed by atoms with van der Waals surface area (Å²) < 4.78 is 4.02. The molecule has 2 aliphatic rings. The molecule has 7 nitrogen and oxygen atoms in total. The molecule has 1 N–H and O–H groups in total. The van der Waals surface area contributed by atoms with Gasteiger partial charge >= 0.3 is 11.8 Å². The highest BCUT2D eigenvalue weighted by atomic mass is 16.4. The average Bonchev–Trinajstić information content (AvgIpc) is 3.33. The highest BCUT2D eigenvalue weighted by Gasteiger charge is 2.40. The van der Waals surface area contributed by atoms with Crippen molar-refractivity contribution in [3.63, 3.8) is 0 Å². The summed E-state index contributed by atoms with van der Waals surface area (Å²) in [4.78, 5) is 31.0. The van der Waals surface area contributed by atoms with Gasteiger partial charge in [0.1, 0.15) is 0 Å². The van der Waals surface area contributed by atoms with Crippen molar-refractivity contribution in [3.05, 3.63) is 107 Å². The van der Waals surface area contributed by atoms with Crippen molar-refractivity contribution in [2.24, 2.45) is 5.92 Å². The SMILES string of the molecule is CCC(C1CC(n2c(=O)n(CC3CCCCC3)c3ccccc32)CCN1C(=O)O)N(Cc1ccccc1)Cc1ccccc1. The van der Waals surface area contributed by atoms with E-state index in [1.165, 1.54) is 43.2 Å². The van der Waals surface area contributed by atoms with Crippen molar-refractivity contribution in [2.45, 2.75) is 96.1 Å². The van der Waals surface area contributed by atoms with E-state index in [9.17, 15) is 14.7 Å². The van der Waals surface area contributed by atoms with Crippen LogP contribution in [-0.4, -0.2) is 48.8 Å². The predicted molar refractivity (Wildman–Crippen MR) is 176 cm³/mol. The molecule has 3 aromatic carbocycles. The number of hydrogen-bond donors (Lipinski definition) is 1. The fourth-order valence-corrected chi connectivity index (χ4v) is 7.90. The number of benzene rings is 3. The second kappa shape index (κ2) is 13.9. The summed E-state index contributed by atoms with van der Waals surface area (Å²) in [7, 11) is 0. The van der Waals surface area contributed by atoms with Gasteiger partial charge in [0.2, 0.25) is 0 Å². The lowest BCUT2D eigenvalue weighted by atomic mass is 9.89. The number of carboxylic acid groups (broad SMARTS) is 1. The minimum Gasteiger partial charge on any atom is -0.465 e. The molecule has 3 unspecified atom stereocenters. The van der Waals surface area contributed by atoms with Crippen LogP contribution in [0.2, 0.25) is 0 Å². The van der Waals surface area contributed by atoms with Crippen molar-refractivity contribution < 1.29 is 9.90 Å². The van der Waals surface area contributed by atoms with E-state index in [-0.39, 0.29) is 23.8 Å². The van der Waals surface area contributed by atoms with Gasteiger partial charge in [-0.05, 0) is 61.3 Å². The Hall–Kier alpha value is -3.84. The van der Waals surface area contributed by atoms with Crippen LogP contribution in [0.25, 0.3) is 11.0 Å². The van der Waals surface area contributed by atoms with Gasteiger partial charge in [-0.25, -0.2) is 9.59 Å². The van der Waals surface area contributed by atoms with Crippen LogP contribution in [0.4, 0.5) is 4.79 Å². The van der Waals surface area contributed by atoms with Gasteiger partial charge in [0.25, 0.3) is 0 Å². The molecule has 7 heteroatoms. The third-order valence-electron chi connectivity index (χ3n) is 10.1. The number of rotatable bonds is 10. The van der Waals surface area contributed by atoms with E-state index in [0.717, 1.165) is 37.1 Å². The first-order chi connectivity index (χ1) is 21.5. The Labute approximate surface area is 260 Å². The van der Waals surface area contributed by atoms with Crippen molar-refractivity contribution in [3.8, 4) is 0 Å². The van der Waals surface area contributed by atoms with Gasteiger partial charge in [-0.15, -0.1) is 0 Å². The summed E-state index contributed by atoms with van der Waals surface area (Å²) in [5, 5.41) is 10.4. The van der Waals surface area contributed by atoms with Gasteiger partial charge in [-0.2, -0.15) is 0 Å². The van der Waals surface area contributed by atoms with E-state index in [1.807, 2.05) is 33.4 Å². The number of piperidine rings is 1. The molecule has 44 heavy (non-hydrogen) atoms. The number of hydrogen-bond acceptors (Lipinski definition) is 3. The summed E-state index contributed by atoms with van der Waals surface area (Å²) in [5.41, 5.74) is 4.44. The van der Waals surface area contributed by atoms with Crippen molar-refractivity contribution in [1.82, 2.24) is 18.9 Å². The predicted octanol–water partition coefficient (Wildman–Crippen LogP) is 7.55. The number of nitrogens with zero attached hydrogens (tertiary/aromatic N) is 4. The molecule has 0 spiro atoms. The maximum absolute atomic E-state index is 14.2. The molecule has 2 fully saturated rings. The average molecular weight is 595 g/mol. The Balaban J connectivity index is 1.35. The van der Waals surface area contributed by atoms with Gasteiger partial charge in [0.15, 0.2) is 0 Å². The molecule has 2 heterocycles. The summed E-state index contributed by atoms with van der Waals surface area (Å²) in [6, 6.07) is 28.8. The lowest BCUT2D eigenvalue weighted by Crippen LogP contribution is -2.56. The molecule has 1 saturated heterocycles. The number of aromatic nitrogens is 2. The van der Waals surface area contributed by atoms with Crippen LogP contribution in [0.15, 0.2) is 89.7 Å². The minimum atomic E-state index is -0.877. The molecule has 1 amide bonds. The standard InChI is InChI=1S/C37H46N4O3/c1-2-32(38(25-28-14-6-3-7-15-28)26-29-16-8-4-9-17-29)35-24-31(22-23-39(35)37(43)44)41-34-21-13-12-20-33(34)40(36(41)42)27-30-18-10-5-11-19-30/h3-4,6-9,12-17,20-21,30-32,35H,2,5,10-11,18-19,22-27H2,1H3,(H,43,44). The summed E-state index contributed by atoms with van der Waals surface area (Å²) in [6.45, 7) is 4.80.